The smallest absolute Gasteiger partial charge is 0.243 e. The summed E-state index contributed by atoms with van der Waals surface area (Å²) >= 11 is 0. The van der Waals surface area contributed by atoms with Crippen LogP contribution in [0.4, 0.5) is 0 Å². The van der Waals surface area contributed by atoms with E-state index in [1.54, 1.807) is 18.7 Å². The summed E-state index contributed by atoms with van der Waals surface area (Å²) in [5.74, 6) is -1.02. The van der Waals surface area contributed by atoms with E-state index >= 15 is 0 Å². The van der Waals surface area contributed by atoms with Crippen molar-refractivity contribution in [3.05, 3.63) is 48.0 Å². The van der Waals surface area contributed by atoms with Crippen LogP contribution in [0, 0.1) is 5.41 Å². The maximum atomic E-state index is 13.5. The van der Waals surface area contributed by atoms with Crippen LogP contribution in [-0.2, 0) is 25.6 Å². The monoisotopic (exact) mass is 587 g/mol. The third kappa shape index (κ3) is 9.16. The average molecular weight is 588 g/mol. The molecule has 1 heterocycles. The SMILES string of the molecule is CCCC(C)(C)C(=O)N1CCCC1C(=O)N[C@H](Cc1ccc2ccccc2c1)C(=O)NCCNC(=O)C(C)(C)N.Cl. The van der Waals surface area contributed by atoms with Crippen LogP contribution in [0.15, 0.2) is 42.5 Å². The zero-order valence-corrected chi connectivity index (χ0v) is 25.7. The molecule has 1 aliphatic heterocycles. The van der Waals surface area contributed by atoms with Crippen LogP contribution >= 0.6 is 12.4 Å². The fraction of sp³-hybridized carbons (Fsp3) is 0.548. The van der Waals surface area contributed by atoms with Crippen molar-refractivity contribution in [3.8, 4) is 0 Å². The molecule has 4 amide bonds. The third-order valence-electron chi connectivity index (χ3n) is 7.45. The van der Waals surface area contributed by atoms with Gasteiger partial charge in [0.1, 0.15) is 12.1 Å². The van der Waals surface area contributed by atoms with Crippen LogP contribution in [0.2, 0.25) is 0 Å². The molecule has 0 saturated carbocycles. The molecule has 5 N–H and O–H groups in total. The van der Waals surface area contributed by atoms with Crippen molar-refractivity contribution in [3.63, 3.8) is 0 Å². The quantitative estimate of drug-likeness (QED) is 0.283. The summed E-state index contributed by atoms with van der Waals surface area (Å²) < 4.78 is 0. The van der Waals surface area contributed by atoms with Gasteiger partial charge in [0.2, 0.25) is 23.6 Å². The topological polar surface area (TPSA) is 134 Å². The number of benzene rings is 2. The zero-order chi connectivity index (χ0) is 29.5. The van der Waals surface area contributed by atoms with Crippen LogP contribution < -0.4 is 21.7 Å². The van der Waals surface area contributed by atoms with Gasteiger partial charge in [-0.25, -0.2) is 0 Å². The van der Waals surface area contributed by atoms with Gasteiger partial charge in [0.05, 0.1) is 5.54 Å². The maximum Gasteiger partial charge on any atom is 0.243 e. The molecule has 2 aromatic rings. The Kier molecular flexibility index (Phi) is 12.2. The van der Waals surface area contributed by atoms with E-state index in [9.17, 15) is 19.2 Å². The number of nitrogens with two attached hydrogens (primary N) is 1. The van der Waals surface area contributed by atoms with E-state index in [2.05, 4.69) is 16.0 Å². The molecule has 1 fully saturated rings. The molecule has 3 rings (SSSR count). The van der Waals surface area contributed by atoms with Gasteiger partial charge in [-0.15, -0.1) is 12.4 Å². The van der Waals surface area contributed by atoms with Crippen molar-refractivity contribution in [2.24, 2.45) is 11.1 Å². The molecule has 0 bridgehead atoms. The van der Waals surface area contributed by atoms with Gasteiger partial charge in [-0.2, -0.15) is 0 Å². The molecule has 2 aromatic carbocycles. The number of carbonyl (C=O) groups is 4. The van der Waals surface area contributed by atoms with Crippen LogP contribution in [0.1, 0.15) is 65.9 Å². The second-order valence-electron chi connectivity index (χ2n) is 12.0. The first kappa shape index (κ1) is 34.0. The number of amides is 4. The lowest BCUT2D eigenvalue weighted by Crippen LogP contribution is -2.56. The highest BCUT2D eigenvalue weighted by molar-refractivity contribution is 5.94. The Morgan fingerprint density at radius 2 is 1.66 bits per heavy atom. The summed E-state index contributed by atoms with van der Waals surface area (Å²) in [5, 5.41) is 10.6. The molecule has 1 unspecified atom stereocenters. The van der Waals surface area contributed by atoms with Crippen molar-refractivity contribution < 1.29 is 19.2 Å². The summed E-state index contributed by atoms with van der Waals surface area (Å²) in [4.78, 5) is 53.9. The van der Waals surface area contributed by atoms with E-state index in [1.807, 2.05) is 63.2 Å². The Labute approximate surface area is 249 Å². The second kappa shape index (κ2) is 14.6. The number of fused-ring (bicyclic) bond motifs is 1. The van der Waals surface area contributed by atoms with E-state index in [-0.39, 0.29) is 55.5 Å². The number of likely N-dealkylation sites (tertiary alicyclic amines) is 1. The van der Waals surface area contributed by atoms with Gasteiger partial charge < -0.3 is 26.6 Å². The molecule has 2 atom stereocenters. The summed E-state index contributed by atoms with van der Waals surface area (Å²) in [6, 6.07) is 12.5. The number of carbonyl (C=O) groups excluding carboxylic acids is 4. The summed E-state index contributed by atoms with van der Waals surface area (Å²) in [6.07, 6.45) is 3.20. The van der Waals surface area contributed by atoms with E-state index in [4.69, 9.17) is 5.73 Å². The fourth-order valence-corrected chi connectivity index (χ4v) is 5.19. The van der Waals surface area contributed by atoms with Crippen molar-refractivity contribution in [1.82, 2.24) is 20.9 Å². The normalized spacial score (nSPS) is 16.0. The number of hydrogen-bond acceptors (Lipinski definition) is 5. The highest BCUT2D eigenvalue weighted by Crippen LogP contribution is 2.30. The lowest BCUT2D eigenvalue weighted by atomic mass is 9.86. The van der Waals surface area contributed by atoms with E-state index in [1.165, 1.54) is 0 Å². The number of halogens is 1. The molecule has 0 aliphatic carbocycles. The number of nitrogens with zero attached hydrogens (tertiary/aromatic N) is 1. The molecule has 0 aromatic heterocycles. The predicted molar refractivity (Wildman–Crippen MR) is 165 cm³/mol. The third-order valence-corrected chi connectivity index (χ3v) is 7.45. The minimum absolute atomic E-state index is 0. The van der Waals surface area contributed by atoms with Gasteiger partial charge in [0.15, 0.2) is 0 Å². The Hall–Kier alpha value is -3.17. The molecule has 226 valence electrons. The zero-order valence-electron chi connectivity index (χ0n) is 24.9. The Morgan fingerprint density at radius 1 is 1.00 bits per heavy atom. The number of hydrogen-bond donors (Lipinski definition) is 4. The Balaban J connectivity index is 0.00000588. The van der Waals surface area contributed by atoms with Crippen LogP contribution in [0.3, 0.4) is 0 Å². The van der Waals surface area contributed by atoms with Crippen LogP contribution in [0.5, 0.6) is 0 Å². The molecule has 41 heavy (non-hydrogen) atoms. The van der Waals surface area contributed by atoms with Gasteiger partial charge >= 0.3 is 0 Å². The minimum Gasteiger partial charge on any atom is -0.353 e. The van der Waals surface area contributed by atoms with Gasteiger partial charge in [0, 0.05) is 31.5 Å². The highest BCUT2D eigenvalue weighted by atomic mass is 35.5. The van der Waals surface area contributed by atoms with Crippen LogP contribution in [-0.4, -0.2) is 65.8 Å². The van der Waals surface area contributed by atoms with E-state index in [0.717, 1.165) is 35.6 Å². The molecule has 0 radical (unpaired) electrons. The first-order chi connectivity index (χ1) is 18.8. The number of rotatable bonds is 12. The van der Waals surface area contributed by atoms with E-state index in [0.29, 0.717) is 13.0 Å². The minimum atomic E-state index is -1.02. The molecule has 0 spiro atoms. The largest absolute Gasteiger partial charge is 0.353 e. The molecule has 1 aliphatic rings. The summed E-state index contributed by atoms with van der Waals surface area (Å²) in [5.41, 5.74) is 5.14. The lowest BCUT2D eigenvalue weighted by molar-refractivity contribution is -0.146. The fourth-order valence-electron chi connectivity index (χ4n) is 5.19. The van der Waals surface area contributed by atoms with Gasteiger partial charge in [-0.1, -0.05) is 69.7 Å². The lowest BCUT2D eigenvalue weighted by Gasteiger charge is -2.33. The van der Waals surface area contributed by atoms with Gasteiger partial charge in [0.25, 0.3) is 0 Å². The van der Waals surface area contributed by atoms with Crippen molar-refractivity contribution in [2.45, 2.75) is 84.3 Å². The molecular formula is C31H46ClN5O4. The Morgan fingerprint density at radius 3 is 2.32 bits per heavy atom. The standard InChI is InChI=1S/C31H45N5O4.ClH/c1-6-15-30(2,3)29(40)36-18-9-12-25(36)27(38)35-24(26(37)33-16-17-34-28(39)31(4,5)32)20-21-13-14-22-10-7-8-11-23(22)19-21;/h7-8,10-11,13-14,19,24-25H,6,9,12,15-18,20,32H2,1-5H3,(H,33,37)(H,34,39)(H,35,38);1H/t24-,25?;/m1./s1. The summed E-state index contributed by atoms with van der Waals surface area (Å²) in [7, 11) is 0. The Bertz CT molecular complexity index is 1230. The molecule has 10 heteroatoms. The van der Waals surface area contributed by atoms with Gasteiger partial charge in [-0.3, -0.25) is 19.2 Å². The van der Waals surface area contributed by atoms with Crippen LogP contribution in [0.25, 0.3) is 10.8 Å². The summed E-state index contributed by atoms with van der Waals surface area (Å²) in [6.45, 7) is 10.0. The van der Waals surface area contributed by atoms with E-state index < -0.39 is 23.0 Å². The maximum absolute atomic E-state index is 13.5. The second-order valence-corrected chi connectivity index (χ2v) is 12.0. The molecular weight excluding hydrogens is 542 g/mol. The number of nitrogens with one attached hydrogen (secondary N) is 3. The first-order valence-corrected chi connectivity index (χ1v) is 14.3. The van der Waals surface area contributed by atoms with Crippen molar-refractivity contribution in [2.75, 3.05) is 19.6 Å². The van der Waals surface area contributed by atoms with Crippen molar-refractivity contribution >= 4 is 46.8 Å². The van der Waals surface area contributed by atoms with Crippen molar-refractivity contribution in [1.29, 1.82) is 0 Å². The average Bonchev–Trinajstić information content (AvgIpc) is 3.39. The molecule has 1 saturated heterocycles. The highest BCUT2D eigenvalue weighted by Gasteiger charge is 2.41. The molecule has 9 nitrogen and oxygen atoms in total. The first-order valence-electron chi connectivity index (χ1n) is 14.3. The van der Waals surface area contributed by atoms with Gasteiger partial charge in [-0.05, 0) is 49.4 Å². The predicted octanol–water partition coefficient (Wildman–Crippen LogP) is 3.08.